The van der Waals surface area contributed by atoms with Crippen LogP contribution in [-0.2, 0) is 0 Å². The molecular weight excluding hydrogens is 460 g/mol. The lowest BCUT2D eigenvalue weighted by molar-refractivity contribution is -0.0449. The van der Waals surface area contributed by atoms with Gasteiger partial charge in [-0.25, -0.2) is 0 Å². The lowest BCUT2D eigenvalue weighted by Gasteiger charge is -2.55. The maximum atomic E-state index is 3.54. The zero-order valence-electron chi connectivity index (χ0n) is 24.7. The van der Waals surface area contributed by atoms with Gasteiger partial charge in [0.1, 0.15) is 0 Å². The van der Waals surface area contributed by atoms with Crippen LogP contribution in [0.5, 0.6) is 0 Å². The van der Waals surface area contributed by atoms with Gasteiger partial charge in [0.15, 0.2) is 0 Å². The first-order valence-corrected chi connectivity index (χ1v) is 15.9. The highest BCUT2D eigenvalue weighted by molar-refractivity contribution is 5.85. The molecule has 2 unspecified atom stereocenters. The van der Waals surface area contributed by atoms with E-state index in [2.05, 4.69) is 51.8 Å². The molecule has 4 atom stereocenters. The molecule has 208 valence electrons. The molecule has 8 aliphatic rings. The van der Waals surface area contributed by atoms with Crippen LogP contribution in [0.25, 0.3) is 0 Å². The Morgan fingerprint density at radius 2 is 1.33 bits per heavy atom. The normalized spacial score (nSPS) is 49.3. The van der Waals surface area contributed by atoms with Crippen LogP contribution in [0.1, 0.15) is 112 Å². The molecule has 8 fully saturated rings. The third kappa shape index (κ3) is 4.44. The molecule has 6 aliphatic carbocycles. The minimum Gasteiger partial charge on any atom is -0.316 e. The van der Waals surface area contributed by atoms with Gasteiger partial charge in [0.25, 0.3) is 0 Å². The molecule has 0 spiro atoms. The van der Waals surface area contributed by atoms with E-state index in [4.69, 9.17) is 0 Å². The summed E-state index contributed by atoms with van der Waals surface area (Å²) in [5, 5.41) is 3.54. The average Bonchev–Trinajstić information content (AvgIpc) is 2.99. The van der Waals surface area contributed by atoms with Gasteiger partial charge in [-0.2, -0.15) is 0 Å². The van der Waals surface area contributed by atoms with E-state index in [1.165, 1.54) is 64.8 Å². The molecular formula is C33H59ClN2. The zero-order chi connectivity index (χ0) is 24.6. The minimum atomic E-state index is 0. The van der Waals surface area contributed by atoms with Gasteiger partial charge in [0.2, 0.25) is 0 Å². The number of piperidine rings is 2. The molecule has 2 nitrogen and oxygen atoms in total. The Morgan fingerprint density at radius 3 is 1.92 bits per heavy atom. The quantitative estimate of drug-likeness (QED) is 0.405. The number of hydrogen-bond donors (Lipinski definition) is 1. The summed E-state index contributed by atoms with van der Waals surface area (Å²) >= 11 is 0. The number of nitrogens with one attached hydrogen (secondary N) is 1. The highest BCUT2D eigenvalue weighted by Crippen LogP contribution is 2.60. The van der Waals surface area contributed by atoms with Crippen LogP contribution in [0.2, 0.25) is 0 Å². The topological polar surface area (TPSA) is 15.3 Å². The van der Waals surface area contributed by atoms with Crippen molar-refractivity contribution < 1.29 is 0 Å². The summed E-state index contributed by atoms with van der Waals surface area (Å²) in [6, 6.07) is 0. The van der Waals surface area contributed by atoms with Gasteiger partial charge >= 0.3 is 0 Å². The van der Waals surface area contributed by atoms with Crippen molar-refractivity contribution in [3.8, 4) is 0 Å². The Kier molecular flexibility index (Phi) is 7.47. The van der Waals surface area contributed by atoms with Crippen LogP contribution in [0.4, 0.5) is 0 Å². The van der Waals surface area contributed by atoms with Crippen LogP contribution in [0, 0.1) is 63.1 Å². The number of nitrogens with zero attached hydrogens (tertiary/aromatic N) is 1. The van der Waals surface area contributed by atoms with Crippen LogP contribution in [-0.4, -0.2) is 37.6 Å². The third-order valence-corrected chi connectivity index (χ3v) is 14.6. The van der Waals surface area contributed by atoms with Gasteiger partial charge in [-0.15, -0.1) is 12.4 Å². The average molecular weight is 519 g/mol. The largest absolute Gasteiger partial charge is 0.316 e. The highest BCUT2D eigenvalue weighted by atomic mass is 35.5. The van der Waals surface area contributed by atoms with Gasteiger partial charge in [-0.1, -0.05) is 41.5 Å². The fraction of sp³-hybridized carbons (Fsp3) is 1.00. The van der Waals surface area contributed by atoms with Gasteiger partial charge in [0, 0.05) is 19.6 Å². The summed E-state index contributed by atoms with van der Waals surface area (Å²) in [6.07, 6.45) is 16.9. The van der Waals surface area contributed by atoms with Crippen molar-refractivity contribution in [1.82, 2.24) is 10.2 Å². The Labute approximate surface area is 230 Å². The molecule has 6 saturated carbocycles. The Balaban J connectivity index is 0.000000188. The van der Waals surface area contributed by atoms with E-state index in [1.54, 1.807) is 38.5 Å². The van der Waals surface area contributed by atoms with Crippen molar-refractivity contribution in [2.24, 2.45) is 63.1 Å². The summed E-state index contributed by atoms with van der Waals surface area (Å²) in [5.74, 6) is 7.56. The SMILES string of the molecule is CC1(C)C2CC[C@@]1(C)CN(CCCC1C3CC4CC(C3)CC1C4)C2.CC1(C)C2CC[C@@]1(C)CNC2.Cl. The maximum absolute atomic E-state index is 3.54. The van der Waals surface area contributed by atoms with E-state index in [9.17, 15) is 0 Å². The van der Waals surface area contributed by atoms with Crippen LogP contribution < -0.4 is 5.32 Å². The number of hydrogen-bond acceptors (Lipinski definition) is 2. The van der Waals surface area contributed by atoms with E-state index in [-0.39, 0.29) is 12.4 Å². The molecule has 0 amide bonds. The molecule has 0 aromatic carbocycles. The van der Waals surface area contributed by atoms with Crippen LogP contribution in [0.15, 0.2) is 0 Å². The molecule has 8 bridgehead atoms. The fourth-order valence-corrected chi connectivity index (χ4v) is 11.2. The van der Waals surface area contributed by atoms with E-state index in [0.29, 0.717) is 21.7 Å². The molecule has 0 radical (unpaired) electrons. The minimum absolute atomic E-state index is 0. The first kappa shape index (κ1) is 27.8. The second-order valence-corrected chi connectivity index (χ2v) is 16.6. The molecule has 2 heterocycles. The number of halogens is 1. The summed E-state index contributed by atoms with van der Waals surface area (Å²) in [4.78, 5) is 2.86. The van der Waals surface area contributed by atoms with E-state index < -0.39 is 0 Å². The van der Waals surface area contributed by atoms with Gasteiger partial charge in [-0.3, -0.25) is 0 Å². The molecule has 36 heavy (non-hydrogen) atoms. The smallest absolute Gasteiger partial charge is 0.00407 e. The first-order valence-electron chi connectivity index (χ1n) is 15.9. The first-order chi connectivity index (χ1) is 16.5. The summed E-state index contributed by atoms with van der Waals surface area (Å²) < 4.78 is 0. The van der Waals surface area contributed by atoms with Crippen LogP contribution >= 0.6 is 12.4 Å². The zero-order valence-corrected chi connectivity index (χ0v) is 25.5. The lowest BCUT2D eigenvalue weighted by Crippen LogP contribution is -2.52. The molecule has 0 aromatic heterocycles. The summed E-state index contributed by atoms with van der Waals surface area (Å²) in [7, 11) is 0. The van der Waals surface area contributed by atoms with Crippen molar-refractivity contribution in [2.75, 3.05) is 32.7 Å². The Bertz CT molecular complexity index is 756. The van der Waals surface area contributed by atoms with E-state index in [0.717, 1.165) is 41.4 Å². The van der Waals surface area contributed by atoms with Crippen LogP contribution in [0.3, 0.4) is 0 Å². The Hall–Kier alpha value is 0.210. The molecule has 3 heteroatoms. The van der Waals surface area contributed by atoms with E-state index in [1.807, 2.05) is 0 Å². The van der Waals surface area contributed by atoms with E-state index >= 15 is 0 Å². The monoisotopic (exact) mass is 518 g/mol. The van der Waals surface area contributed by atoms with Gasteiger partial charge in [-0.05, 0) is 147 Å². The van der Waals surface area contributed by atoms with Crippen molar-refractivity contribution in [3.05, 3.63) is 0 Å². The van der Waals surface area contributed by atoms with Gasteiger partial charge < -0.3 is 10.2 Å². The van der Waals surface area contributed by atoms with Crippen molar-refractivity contribution in [1.29, 1.82) is 0 Å². The molecule has 8 rings (SSSR count). The molecule has 0 aromatic rings. The highest BCUT2D eigenvalue weighted by Gasteiger charge is 2.55. The predicted octanol–water partition coefficient (Wildman–Crippen LogP) is 8.05. The molecule has 2 aliphatic heterocycles. The predicted molar refractivity (Wildman–Crippen MR) is 156 cm³/mol. The second kappa shape index (κ2) is 9.69. The number of likely N-dealkylation sites (tertiary alicyclic amines) is 1. The lowest BCUT2D eigenvalue weighted by atomic mass is 9.51. The van der Waals surface area contributed by atoms with Crippen molar-refractivity contribution >= 4 is 12.4 Å². The number of rotatable bonds is 4. The maximum Gasteiger partial charge on any atom is 0.00407 e. The molecule has 2 saturated heterocycles. The standard InChI is InChI=1S/C23H39N.C10H19N.ClH/c1-22(2)20-6-7-23(22,3)15-24(14-20)8-4-5-21-18-10-16-9-17(12-18)13-19(21)11-16;1-9(2)8-4-5-10(9,3)7-11-6-8;/h16-21H,4-15H2,1-3H3;8,11H,4-7H2,1-3H3;1H/t16?,17?,18?,19?,20?,21?,23-;8?,10-;/m00./s1. The summed E-state index contributed by atoms with van der Waals surface area (Å²) in [6.45, 7) is 21.7. The summed E-state index contributed by atoms with van der Waals surface area (Å²) in [5.41, 5.74) is 2.32. The second-order valence-electron chi connectivity index (χ2n) is 16.6. The van der Waals surface area contributed by atoms with Gasteiger partial charge in [0.05, 0.1) is 0 Å². The Morgan fingerprint density at radius 1 is 0.750 bits per heavy atom. The van der Waals surface area contributed by atoms with Crippen molar-refractivity contribution in [3.63, 3.8) is 0 Å². The van der Waals surface area contributed by atoms with Crippen molar-refractivity contribution in [2.45, 2.75) is 112 Å². The third-order valence-electron chi connectivity index (χ3n) is 14.6. The number of fused-ring (bicyclic) bond motifs is 4. The molecule has 1 N–H and O–H groups in total. The fourth-order valence-electron chi connectivity index (χ4n) is 11.2.